The Labute approximate surface area is 133 Å². The number of hydrogen-bond acceptors (Lipinski definition) is 2. The summed E-state index contributed by atoms with van der Waals surface area (Å²) in [4.78, 5) is 0. The number of nitrogens with zero attached hydrogens (tertiary/aromatic N) is 2. The lowest BCUT2D eigenvalue weighted by molar-refractivity contribution is -0.137. The highest BCUT2D eigenvalue weighted by Gasteiger charge is 2.36. The predicted molar refractivity (Wildman–Crippen MR) is 80.5 cm³/mol. The molecule has 2 aromatic rings. The maximum absolute atomic E-state index is 13.3. The van der Waals surface area contributed by atoms with Gasteiger partial charge in [-0.15, -0.1) is 0 Å². The topological polar surface area (TPSA) is 33.6 Å². The van der Waals surface area contributed by atoms with Crippen LogP contribution in [0.15, 0.2) is 22.7 Å². The molecule has 0 unspecified atom stereocenters. The third-order valence-corrected chi connectivity index (χ3v) is 3.64. The molecule has 0 amide bonds. The van der Waals surface area contributed by atoms with Crippen LogP contribution in [0.2, 0.25) is 0 Å². The molecule has 0 aliphatic rings. The van der Waals surface area contributed by atoms with E-state index in [1.54, 1.807) is 10.6 Å². The third kappa shape index (κ3) is 3.21. The van der Waals surface area contributed by atoms with Crippen LogP contribution >= 0.6 is 28.1 Å². The Morgan fingerprint density at radius 2 is 1.86 bits per heavy atom. The molecule has 1 aromatic heterocycles. The molecule has 0 saturated carbocycles. The maximum Gasteiger partial charge on any atom is 0.417 e. The minimum absolute atomic E-state index is 0.00650. The Balaban J connectivity index is 2.78. The second-order valence-corrected chi connectivity index (χ2v) is 6.85. The average molecular weight is 380 g/mol. The van der Waals surface area contributed by atoms with Gasteiger partial charge in [0.15, 0.2) is 10.6 Å². The first-order valence-electron chi connectivity index (χ1n) is 6.07. The van der Waals surface area contributed by atoms with Gasteiger partial charge in [-0.2, -0.15) is 18.3 Å². The van der Waals surface area contributed by atoms with E-state index in [4.69, 9.17) is 12.2 Å². The molecule has 114 valence electrons. The molecule has 2 rings (SSSR count). The molecule has 1 N–H and O–H groups in total. The predicted octanol–water partition coefficient (Wildman–Crippen LogP) is 5.14. The van der Waals surface area contributed by atoms with Gasteiger partial charge in [-0.1, -0.05) is 15.9 Å². The minimum atomic E-state index is -4.48. The van der Waals surface area contributed by atoms with Gasteiger partial charge in [-0.25, -0.2) is 0 Å². The third-order valence-electron chi connectivity index (χ3n) is 2.87. The summed E-state index contributed by atoms with van der Waals surface area (Å²) >= 11 is 8.21. The van der Waals surface area contributed by atoms with Crippen LogP contribution in [0.5, 0.6) is 0 Å². The van der Waals surface area contributed by atoms with Gasteiger partial charge in [-0.05, 0) is 51.2 Å². The van der Waals surface area contributed by atoms with Gasteiger partial charge >= 0.3 is 6.18 Å². The molecule has 3 nitrogen and oxygen atoms in total. The van der Waals surface area contributed by atoms with E-state index < -0.39 is 17.3 Å². The van der Waals surface area contributed by atoms with Crippen LogP contribution in [0.25, 0.3) is 11.4 Å². The number of aromatic nitrogens is 3. The Bertz CT molecular complexity index is 725. The van der Waals surface area contributed by atoms with Gasteiger partial charge in [-0.3, -0.25) is 9.67 Å². The fourth-order valence-corrected chi connectivity index (χ4v) is 2.81. The van der Waals surface area contributed by atoms with Gasteiger partial charge in [0.2, 0.25) is 0 Å². The molecular formula is C13H13BrF3N3S. The Morgan fingerprint density at radius 1 is 1.24 bits per heavy atom. The van der Waals surface area contributed by atoms with Crippen LogP contribution in [0, 0.1) is 4.77 Å². The fourth-order valence-electron chi connectivity index (χ4n) is 2.05. The molecule has 1 aromatic carbocycles. The summed E-state index contributed by atoms with van der Waals surface area (Å²) in [6.45, 7) is 5.57. The van der Waals surface area contributed by atoms with Crippen LogP contribution in [0.4, 0.5) is 13.2 Å². The summed E-state index contributed by atoms with van der Waals surface area (Å²) in [5, 5.41) is 6.56. The van der Waals surface area contributed by atoms with E-state index in [1.807, 2.05) is 20.8 Å². The number of H-pyrrole nitrogens is 1. The van der Waals surface area contributed by atoms with Crippen molar-refractivity contribution in [2.24, 2.45) is 0 Å². The molecule has 21 heavy (non-hydrogen) atoms. The van der Waals surface area contributed by atoms with E-state index >= 15 is 0 Å². The van der Waals surface area contributed by atoms with Crippen molar-refractivity contribution in [3.63, 3.8) is 0 Å². The number of halogens is 4. The molecule has 0 atom stereocenters. The van der Waals surface area contributed by atoms with Gasteiger partial charge in [0, 0.05) is 15.6 Å². The summed E-state index contributed by atoms with van der Waals surface area (Å²) < 4.78 is 42.0. The average Bonchev–Trinajstić information content (AvgIpc) is 2.69. The minimum Gasteiger partial charge on any atom is -0.295 e. The highest BCUT2D eigenvalue weighted by molar-refractivity contribution is 9.10. The zero-order chi connectivity index (χ0) is 16.0. The maximum atomic E-state index is 13.3. The highest BCUT2D eigenvalue weighted by atomic mass is 79.9. The lowest BCUT2D eigenvalue weighted by Crippen LogP contribution is -2.23. The van der Waals surface area contributed by atoms with Gasteiger partial charge in [0.25, 0.3) is 0 Å². The van der Waals surface area contributed by atoms with E-state index in [-0.39, 0.29) is 16.2 Å². The summed E-state index contributed by atoms with van der Waals surface area (Å²) in [5.41, 5.74) is -1.25. The molecule has 0 radical (unpaired) electrons. The molecule has 0 saturated heterocycles. The van der Waals surface area contributed by atoms with Crippen molar-refractivity contribution in [2.45, 2.75) is 32.5 Å². The number of alkyl halides is 3. The van der Waals surface area contributed by atoms with E-state index in [1.165, 1.54) is 6.07 Å². The van der Waals surface area contributed by atoms with Gasteiger partial charge < -0.3 is 0 Å². The molecule has 0 aliphatic heterocycles. The monoisotopic (exact) mass is 379 g/mol. The first kappa shape index (κ1) is 16.2. The normalized spacial score (nSPS) is 12.7. The SMILES string of the molecule is CC(C)(C)n1c(-c2ccc(Br)cc2C(F)(F)F)n[nH]c1=S. The number of aromatic amines is 1. The van der Waals surface area contributed by atoms with Crippen LogP contribution in [-0.4, -0.2) is 14.8 Å². The molecular weight excluding hydrogens is 367 g/mol. The van der Waals surface area contributed by atoms with Crippen LogP contribution in [0.3, 0.4) is 0 Å². The molecule has 0 aliphatic carbocycles. The van der Waals surface area contributed by atoms with Crippen molar-refractivity contribution in [1.82, 2.24) is 14.8 Å². The van der Waals surface area contributed by atoms with Crippen LogP contribution in [-0.2, 0) is 11.7 Å². The van der Waals surface area contributed by atoms with Crippen molar-refractivity contribution in [1.29, 1.82) is 0 Å². The zero-order valence-electron chi connectivity index (χ0n) is 11.5. The molecule has 0 bridgehead atoms. The van der Waals surface area contributed by atoms with Crippen LogP contribution < -0.4 is 0 Å². The second kappa shape index (κ2) is 5.24. The van der Waals surface area contributed by atoms with E-state index in [9.17, 15) is 13.2 Å². The summed E-state index contributed by atoms with van der Waals surface area (Å²) in [7, 11) is 0. The molecule has 8 heteroatoms. The first-order chi connectivity index (χ1) is 9.51. The smallest absolute Gasteiger partial charge is 0.295 e. The van der Waals surface area contributed by atoms with Gasteiger partial charge in [0.1, 0.15) is 0 Å². The lowest BCUT2D eigenvalue weighted by Gasteiger charge is -2.23. The second-order valence-electron chi connectivity index (χ2n) is 5.55. The Kier molecular flexibility index (Phi) is 4.05. The quantitative estimate of drug-likeness (QED) is 0.695. The van der Waals surface area contributed by atoms with Gasteiger partial charge in [0.05, 0.1) is 5.56 Å². The molecule has 1 heterocycles. The fraction of sp³-hybridized carbons (Fsp3) is 0.385. The van der Waals surface area contributed by atoms with Crippen molar-refractivity contribution in [3.05, 3.63) is 33.0 Å². The summed E-state index contributed by atoms with van der Waals surface area (Å²) in [6, 6.07) is 3.98. The Hall–Kier alpha value is -1.15. The van der Waals surface area contributed by atoms with E-state index in [2.05, 4.69) is 26.1 Å². The lowest BCUT2D eigenvalue weighted by atomic mass is 10.0. The van der Waals surface area contributed by atoms with Crippen LogP contribution in [0.1, 0.15) is 26.3 Å². The standard InChI is InChI=1S/C13H13BrF3N3S/c1-12(2,3)20-10(18-19-11(20)21)8-5-4-7(14)6-9(8)13(15,16)17/h4-6H,1-3H3,(H,19,21). The zero-order valence-corrected chi connectivity index (χ0v) is 13.9. The number of benzene rings is 1. The largest absolute Gasteiger partial charge is 0.417 e. The van der Waals surface area contributed by atoms with Crippen molar-refractivity contribution < 1.29 is 13.2 Å². The van der Waals surface area contributed by atoms with Crippen molar-refractivity contribution in [2.75, 3.05) is 0 Å². The number of nitrogens with one attached hydrogen (secondary N) is 1. The van der Waals surface area contributed by atoms with E-state index in [0.29, 0.717) is 4.47 Å². The number of hydrogen-bond donors (Lipinski definition) is 1. The Morgan fingerprint density at radius 3 is 2.38 bits per heavy atom. The van der Waals surface area contributed by atoms with Crippen molar-refractivity contribution >= 4 is 28.1 Å². The van der Waals surface area contributed by atoms with Crippen molar-refractivity contribution in [3.8, 4) is 11.4 Å². The molecule has 0 fully saturated rings. The van der Waals surface area contributed by atoms with E-state index in [0.717, 1.165) is 6.07 Å². The molecule has 0 spiro atoms. The highest BCUT2D eigenvalue weighted by Crippen LogP contribution is 2.39. The summed E-state index contributed by atoms with van der Waals surface area (Å²) in [5.74, 6) is 0.173. The number of rotatable bonds is 1. The first-order valence-corrected chi connectivity index (χ1v) is 7.27. The summed E-state index contributed by atoms with van der Waals surface area (Å²) in [6.07, 6.45) is -4.48.